The van der Waals surface area contributed by atoms with Crippen molar-refractivity contribution in [2.45, 2.75) is 11.8 Å². The average molecular weight is 366 g/mol. The topological polar surface area (TPSA) is 18.5 Å². The van der Waals surface area contributed by atoms with E-state index >= 15 is 0 Å². The van der Waals surface area contributed by atoms with E-state index in [4.69, 9.17) is 15.9 Å². The molecule has 0 atom stereocenters. The van der Waals surface area contributed by atoms with Crippen molar-refractivity contribution in [3.63, 3.8) is 0 Å². The van der Waals surface area contributed by atoms with Gasteiger partial charge in [-0.2, -0.15) is 0 Å². The van der Waals surface area contributed by atoms with Crippen molar-refractivity contribution < 1.29 is 9.47 Å². The van der Waals surface area contributed by atoms with Crippen molar-refractivity contribution in [1.82, 2.24) is 0 Å². The van der Waals surface area contributed by atoms with Crippen LogP contribution in [0.25, 0.3) is 0 Å². The Labute approximate surface area is 167 Å². The monoisotopic (exact) mass is 366 g/mol. The van der Waals surface area contributed by atoms with Gasteiger partial charge in [-0.3, -0.25) is 0 Å². The number of methoxy groups -OCH3 is 2. The summed E-state index contributed by atoms with van der Waals surface area (Å²) in [5, 5.41) is 0. The molecule has 0 spiro atoms. The molecule has 0 radical (unpaired) electrons. The number of rotatable bonds is 5. The van der Waals surface area contributed by atoms with Crippen LogP contribution >= 0.6 is 0 Å². The quantitative estimate of drug-likeness (QED) is 0.587. The Morgan fingerprint density at radius 3 is 1.68 bits per heavy atom. The van der Waals surface area contributed by atoms with E-state index in [1.165, 1.54) is 0 Å². The molecule has 0 saturated heterocycles. The summed E-state index contributed by atoms with van der Waals surface area (Å²) in [4.78, 5) is 0. The van der Waals surface area contributed by atoms with Crippen molar-refractivity contribution in [3.05, 3.63) is 95.6 Å². The minimum atomic E-state index is -0.666. The Kier molecular flexibility index (Phi) is 6.05. The van der Waals surface area contributed by atoms with Crippen LogP contribution in [0, 0.1) is 24.2 Å². The van der Waals surface area contributed by atoms with E-state index in [0.717, 1.165) is 28.2 Å². The minimum absolute atomic E-state index is 0.497. The molecule has 0 bridgehead atoms. The number of terminal acetylenes is 1. The molecule has 2 heteroatoms. The first kappa shape index (κ1) is 19.2. The smallest absolute Gasteiger partial charge is 0.118 e. The summed E-state index contributed by atoms with van der Waals surface area (Å²) in [5.41, 5.74) is 2.31. The van der Waals surface area contributed by atoms with Crippen LogP contribution in [0.4, 0.5) is 0 Å². The molecule has 0 heterocycles. The summed E-state index contributed by atoms with van der Waals surface area (Å²) in [6.45, 7) is 0. The lowest BCUT2D eigenvalue weighted by Crippen LogP contribution is -2.25. The van der Waals surface area contributed by atoms with E-state index in [1.54, 1.807) is 14.2 Å². The molecular weight excluding hydrogens is 344 g/mol. The first-order valence-corrected chi connectivity index (χ1v) is 9.02. The van der Waals surface area contributed by atoms with Gasteiger partial charge in [0.2, 0.25) is 0 Å². The fourth-order valence-corrected chi connectivity index (χ4v) is 3.14. The Balaban J connectivity index is 2.05. The molecule has 28 heavy (non-hydrogen) atoms. The fourth-order valence-electron chi connectivity index (χ4n) is 3.14. The third-order valence-corrected chi connectivity index (χ3v) is 4.77. The molecule has 3 aromatic rings. The summed E-state index contributed by atoms with van der Waals surface area (Å²) in [7, 11) is 3.30. The number of hydrogen-bond acceptors (Lipinski definition) is 2. The van der Waals surface area contributed by atoms with Gasteiger partial charge in [0.05, 0.1) is 19.6 Å². The first-order valence-electron chi connectivity index (χ1n) is 9.02. The molecule has 0 aromatic heterocycles. The molecule has 0 fully saturated rings. The zero-order chi connectivity index (χ0) is 19.8. The largest absolute Gasteiger partial charge is 0.497 e. The number of hydrogen-bond donors (Lipinski definition) is 0. The van der Waals surface area contributed by atoms with E-state index in [2.05, 4.69) is 17.8 Å². The lowest BCUT2D eigenvalue weighted by atomic mass is 9.73. The highest BCUT2D eigenvalue weighted by Crippen LogP contribution is 2.36. The van der Waals surface area contributed by atoms with Gasteiger partial charge in [-0.1, -0.05) is 60.2 Å². The Morgan fingerprint density at radius 2 is 1.25 bits per heavy atom. The van der Waals surface area contributed by atoms with Gasteiger partial charge >= 0.3 is 0 Å². The third kappa shape index (κ3) is 4.03. The predicted molar refractivity (Wildman–Crippen MR) is 114 cm³/mol. The molecule has 3 rings (SSSR count). The van der Waals surface area contributed by atoms with Gasteiger partial charge in [0, 0.05) is 12.0 Å². The van der Waals surface area contributed by atoms with Gasteiger partial charge in [-0.25, -0.2) is 0 Å². The van der Waals surface area contributed by atoms with Crippen molar-refractivity contribution in [1.29, 1.82) is 0 Å². The van der Waals surface area contributed by atoms with Gasteiger partial charge in [0.1, 0.15) is 11.5 Å². The highest BCUT2D eigenvalue weighted by molar-refractivity contribution is 5.51. The maximum atomic E-state index is 6.11. The molecule has 0 aliphatic heterocycles. The molecule has 2 nitrogen and oxygen atoms in total. The van der Waals surface area contributed by atoms with Crippen LogP contribution in [0.3, 0.4) is 0 Å². The third-order valence-electron chi connectivity index (χ3n) is 4.77. The van der Waals surface area contributed by atoms with E-state index in [9.17, 15) is 0 Å². The molecule has 0 aliphatic rings. The van der Waals surface area contributed by atoms with Gasteiger partial charge < -0.3 is 9.47 Å². The molecule has 0 N–H and O–H groups in total. The van der Waals surface area contributed by atoms with Crippen molar-refractivity contribution in [2.24, 2.45) is 0 Å². The van der Waals surface area contributed by atoms with E-state index in [0.29, 0.717) is 6.42 Å². The maximum Gasteiger partial charge on any atom is 0.118 e. The zero-order valence-corrected chi connectivity index (χ0v) is 16.1. The fraction of sp³-hybridized carbons (Fsp3) is 0.154. The normalized spacial score (nSPS) is 10.3. The maximum absolute atomic E-state index is 6.11. The predicted octanol–water partition coefficient (Wildman–Crippen LogP) is 5.06. The van der Waals surface area contributed by atoms with Gasteiger partial charge in [0.15, 0.2) is 0 Å². The second kappa shape index (κ2) is 8.85. The second-order valence-corrected chi connectivity index (χ2v) is 6.35. The molecule has 0 amide bonds. The Bertz CT molecular complexity index is 951. The van der Waals surface area contributed by atoms with Crippen LogP contribution < -0.4 is 9.47 Å². The van der Waals surface area contributed by atoms with Crippen LogP contribution in [0.1, 0.15) is 23.1 Å². The van der Waals surface area contributed by atoms with Gasteiger partial charge in [0.25, 0.3) is 0 Å². The molecule has 0 unspecified atom stereocenters. The Morgan fingerprint density at radius 1 is 0.750 bits per heavy atom. The first-order chi connectivity index (χ1) is 13.7. The van der Waals surface area contributed by atoms with Gasteiger partial charge in [-0.05, 0) is 47.5 Å². The molecule has 0 saturated carbocycles. The molecular formula is C26H22O2. The van der Waals surface area contributed by atoms with Gasteiger partial charge in [-0.15, -0.1) is 6.42 Å². The minimum Gasteiger partial charge on any atom is -0.497 e. The SMILES string of the molecule is C#CC(CC#Cc1ccccc1)(c1ccc(OC)cc1)c1ccc(OC)cc1. The standard InChI is InChI=1S/C26H22O2/c1-4-26(22-12-16-24(27-2)17-13-22,23-14-18-25(28-3)19-15-23)20-8-11-21-9-6-5-7-10-21/h1,5-7,9-10,12-19H,20H2,2-3H3. The van der Waals surface area contributed by atoms with Crippen molar-refractivity contribution in [2.75, 3.05) is 14.2 Å². The number of ether oxygens (including phenoxy) is 2. The van der Waals surface area contributed by atoms with Crippen molar-refractivity contribution in [3.8, 4) is 35.7 Å². The summed E-state index contributed by atoms with van der Waals surface area (Å²) in [6.07, 6.45) is 6.61. The second-order valence-electron chi connectivity index (χ2n) is 6.35. The summed E-state index contributed by atoms with van der Waals surface area (Å²) >= 11 is 0. The summed E-state index contributed by atoms with van der Waals surface area (Å²) in [6, 6.07) is 25.6. The van der Waals surface area contributed by atoms with Crippen molar-refractivity contribution >= 4 is 0 Å². The van der Waals surface area contributed by atoms with E-state index < -0.39 is 5.41 Å². The molecule has 0 aliphatic carbocycles. The van der Waals surface area contributed by atoms with Crippen LogP contribution in [-0.4, -0.2) is 14.2 Å². The van der Waals surface area contributed by atoms with Crippen LogP contribution in [-0.2, 0) is 5.41 Å². The highest BCUT2D eigenvalue weighted by atomic mass is 16.5. The Hall–Kier alpha value is -3.62. The molecule has 3 aromatic carbocycles. The lowest BCUT2D eigenvalue weighted by molar-refractivity contribution is 0.414. The lowest BCUT2D eigenvalue weighted by Gasteiger charge is -2.28. The molecule has 138 valence electrons. The average Bonchev–Trinajstić information content (AvgIpc) is 2.78. The van der Waals surface area contributed by atoms with E-state index in [-0.39, 0.29) is 0 Å². The zero-order valence-electron chi connectivity index (χ0n) is 16.1. The number of benzene rings is 3. The highest BCUT2D eigenvalue weighted by Gasteiger charge is 2.31. The van der Waals surface area contributed by atoms with Crippen LogP contribution in [0.15, 0.2) is 78.9 Å². The van der Waals surface area contributed by atoms with E-state index in [1.807, 2.05) is 78.9 Å². The summed E-state index contributed by atoms with van der Waals surface area (Å²) < 4.78 is 10.6. The van der Waals surface area contributed by atoms with Crippen LogP contribution in [0.2, 0.25) is 0 Å². The van der Waals surface area contributed by atoms with Crippen LogP contribution in [0.5, 0.6) is 11.5 Å². The summed E-state index contributed by atoms with van der Waals surface area (Å²) in [5.74, 6) is 11.1.